The van der Waals surface area contributed by atoms with Crippen molar-refractivity contribution in [3.05, 3.63) is 35.4 Å². The fraction of sp³-hybridized carbons (Fsp3) is 0.357. The lowest BCUT2D eigenvalue weighted by Gasteiger charge is -2.25. The van der Waals surface area contributed by atoms with Crippen molar-refractivity contribution in [1.29, 1.82) is 5.26 Å². The average molecular weight is 297 g/mol. The number of halogens is 2. The van der Waals surface area contributed by atoms with Crippen molar-refractivity contribution in [3.8, 4) is 6.07 Å². The van der Waals surface area contributed by atoms with Crippen LogP contribution in [-0.2, 0) is 24.5 Å². The van der Waals surface area contributed by atoms with E-state index in [4.69, 9.17) is 0 Å². The predicted octanol–water partition coefficient (Wildman–Crippen LogP) is 1.85. The average Bonchev–Trinajstić information content (AvgIpc) is 2.46. The highest BCUT2D eigenvalue weighted by Crippen LogP contribution is 2.34. The maximum Gasteiger partial charge on any atom is 0.307 e. The molecule has 0 radical (unpaired) electrons. The molecule has 1 aromatic carbocycles. The molecule has 1 aromatic rings. The molecule has 21 heavy (non-hydrogen) atoms. The number of hydrogen-bond donors (Lipinski definition) is 0. The molecule has 0 aliphatic rings. The van der Waals surface area contributed by atoms with E-state index in [-0.39, 0.29) is 5.56 Å². The minimum absolute atomic E-state index is 0.262. The second kappa shape index (κ2) is 6.79. The van der Waals surface area contributed by atoms with Crippen molar-refractivity contribution in [1.82, 2.24) is 0 Å². The number of benzene rings is 1. The number of carbonyl (C=O) groups excluding carboxylic acids is 2. The lowest BCUT2D eigenvalue weighted by molar-refractivity contribution is -0.144. The van der Waals surface area contributed by atoms with Crippen LogP contribution in [0.15, 0.2) is 18.2 Å². The highest BCUT2D eigenvalue weighted by molar-refractivity contribution is 5.77. The van der Waals surface area contributed by atoms with Crippen LogP contribution >= 0.6 is 0 Å². The van der Waals surface area contributed by atoms with Crippen LogP contribution in [0.5, 0.6) is 0 Å². The van der Waals surface area contributed by atoms with Crippen molar-refractivity contribution >= 4 is 11.9 Å². The van der Waals surface area contributed by atoms with Crippen LogP contribution in [-0.4, -0.2) is 26.2 Å². The highest BCUT2D eigenvalue weighted by Gasteiger charge is 2.40. The zero-order chi connectivity index (χ0) is 16.0. The van der Waals surface area contributed by atoms with Gasteiger partial charge in [-0.3, -0.25) is 9.59 Å². The number of rotatable bonds is 5. The van der Waals surface area contributed by atoms with Gasteiger partial charge >= 0.3 is 11.9 Å². The van der Waals surface area contributed by atoms with Gasteiger partial charge in [0.15, 0.2) is 0 Å². The minimum Gasteiger partial charge on any atom is -0.469 e. The first-order valence-corrected chi connectivity index (χ1v) is 5.89. The Hall–Kier alpha value is -2.49. The van der Waals surface area contributed by atoms with Gasteiger partial charge in [-0.25, -0.2) is 8.78 Å². The maximum absolute atomic E-state index is 13.9. The Bertz CT molecular complexity index is 577. The largest absolute Gasteiger partial charge is 0.469 e. The van der Waals surface area contributed by atoms with E-state index in [1.165, 1.54) is 0 Å². The van der Waals surface area contributed by atoms with Crippen LogP contribution in [0.2, 0.25) is 0 Å². The lowest BCUT2D eigenvalue weighted by Crippen LogP contribution is -2.32. The summed E-state index contributed by atoms with van der Waals surface area (Å²) in [6, 6.07) is 4.31. The standard InChI is InChI=1S/C14H13F2NO4/c1-20-12(18)6-14(8-17,7-13(19)21-2)10-4-3-9(15)5-11(10)16/h3-5H,6-7H2,1-2H3. The van der Waals surface area contributed by atoms with Crippen molar-refractivity contribution in [2.45, 2.75) is 18.3 Å². The number of esters is 2. The van der Waals surface area contributed by atoms with E-state index in [9.17, 15) is 23.6 Å². The molecule has 0 fully saturated rings. The first-order valence-electron chi connectivity index (χ1n) is 5.89. The zero-order valence-electron chi connectivity index (χ0n) is 11.5. The molecule has 0 aliphatic carbocycles. The van der Waals surface area contributed by atoms with E-state index < -0.39 is 41.8 Å². The number of nitrogens with zero attached hydrogens (tertiary/aromatic N) is 1. The third-order valence-corrected chi connectivity index (χ3v) is 3.01. The summed E-state index contributed by atoms with van der Waals surface area (Å²) in [5.41, 5.74) is -2.08. The third kappa shape index (κ3) is 3.75. The van der Waals surface area contributed by atoms with E-state index in [1.54, 1.807) is 6.07 Å². The summed E-state index contributed by atoms with van der Waals surface area (Å²) in [5, 5.41) is 9.39. The van der Waals surface area contributed by atoms with Gasteiger partial charge in [-0.2, -0.15) is 5.26 Å². The molecule has 0 spiro atoms. The molecule has 0 amide bonds. The van der Waals surface area contributed by atoms with Gasteiger partial charge in [-0.1, -0.05) is 6.07 Å². The van der Waals surface area contributed by atoms with Crippen LogP contribution in [0, 0.1) is 23.0 Å². The molecule has 5 nitrogen and oxygen atoms in total. The van der Waals surface area contributed by atoms with Crippen LogP contribution in [0.4, 0.5) is 8.78 Å². The second-order valence-electron chi connectivity index (χ2n) is 4.32. The Balaban J connectivity index is 3.37. The molecular weight excluding hydrogens is 284 g/mol. The molecule has 0 unspecified atom stereocenters. The van der Waals surface area contributed by atoms with Gasteiger partial charge in [0.05, 0.1) is 33.1 Å². The van der Waals surface area contributed by atoms with E-state index in [0.717, 1.165) is 26.4 Å². The molecule has 0 aromatic heterocycles. The fourth-order valence-corrected chi connectivity index (χ4v) is 1.91. The molecule has 0 aliphatic heterocycles. The van der Waals surface area contributed by atoms with Gasteiger partial charge in [0.25, 0.3) is 0 Å². The molecular formula is C14H13F2NO4. The van der Waals surface area contributed by atoms with Crippen LogP contribution < -0.4 is 0 Å². The SMILES string of the molecule is COC(=O)CC(C#N)(CC(=O)OC)c1ccc(F)cc1F. The van der Waals surface area contributed by atoms with Crippen LogP contribution in [0.25, 0.3) is 0 Å². The molecule has 1 rings (SSSR count). The molecule has 0 saturated heterocycles. The number of methoxy groups -OCH3 is 2. The van der Waals surface area contributed by atoms with Crippen molar-refractivity contribution in [3.63, 3.8) is 0 Å². The Labute approximate surface area is 120 Å². The first kappa shape index (κ1) is 16.6. The normalized spacial score (nSPS) is 10.6. The third-order valence-electron chi connectivity index (χ3n) is 3.01. The van der Waals surface area contributed by atoms with Gasteiger partial charge in [-0.05, 0) is 6.07 Å². The molecule has 0 heterocycles. The molecule has 0 saturated carbocycles. The molecule has 112 valence electrons. The van der Waals surface area contributed by atoms with Crippen molar-refractivity contribution < 1.29 is 27.8 Å². The van der Waals surface area contributed by atoms with E-state index in [1.807, 2.05) is 0 Å². The first-order chi connectivity index (χ1) is 9.88. The number of nitriles is 1. The maximum atomic E-state index is 13.9. The van der Waals surface area contributed by atoms with E-state index in [0.29, 0.717) is 6.07 Å². The summed E-state index contributed by atoms with van der Waals surface area (Å²) in [5.74, 6) is -3.46. The summed E-state index contributed by atoms with van der Waals surface area (Å²) in [7, 11) is 2.20. The lowest BCUT2D eigenvalue weighted by atomic mass is 9.76. The Morgan fingerprint density at radius 2 is 1.71 bits per heavy atom. The van der Waals surface area contributed by atoms with Gasteiger partial charge in [-0.15, -0.1) is 0 Å². The number of ether oxygens (including phenoxy) is 2. The summed E-state index contributed by atoms with van der Waals surface area (Å²) in [6.07, 6.45) is -1.12. The quantitative estimate of drug-likeness (QED) is 0.775. The van der Waals surface area contributed by atoms with Crippen molar-refractivity contribution in [2.24, 2.45) is 0 Å². The zero-order valence-corrected chi connectivity index (χ0v) is 11.5. The summed E-state index contributed by atoms with van der Waals surface area (Å²) in [6.45, 7) is 0. The molecule has 0 bridgehead atoms. The summed E-state index contributed by atoms with van der Waals surface area (Å²) in [4.78, 5) is 23.0. The topological polar surface area (TPSA) is 76.4 Å². The second-order valence-corrected chi connectivity index (χ2v) is 4.32. The molecule has 0 N–H and O–H groups in total. The van der Waals surface area contributed by atoms with E-state index >= 15 is 0 Å². The molecule has 0 atom stereocenters. The predicted molar refractivity (Wildman–Crippen MR) is 66.9 cm³/mol. The Morgan fingerprint density at radius 1 is 1.19 bits per heavy atom. The Kier molecular flexibility index (Phi) is 5.36. The summed E-state index contributed by atoms with van der Waals surface area (Å²) >= 11 is 0. The Morgan fingerprint density at radius 3 is 2.10 bits per heavy atom. The monoisotopic (exact) mass is 297 g/mol. The van der Waals surface area contributed by atoms with Crippen LogP contribution in [0.3, 0.4) is 0 Å². The fourth-order valence-electron chi connectivity index (χ4n) is 1.91. The minimum atomic E-state index is -1.82. The smallest absolute Gasteiger partial charge is 0.307 e. The van der Waals surface area contributed by atoms with Gasteiger partial charge in [0.1, 0.15) is 17.0 Å². The van der Waals surface area contributed by atoms with Gasteiger partial charge in [0.2, 0.25) is 0 Å². The van der Waals surface area contributed by atoms with Crippen LogP contribution in [0.1, 0.15) is 18.4 Å². The number of hydrogen-bond acceptors (Lipinski definition) is 5. The molecule has 7 heteroatoms. The highest BCUT2D eigenvalue weighted by atomic mass is 19.1. The van der Waals surface area contributed by atoms with Gasteiger partial charge in [0, 0.05) is 11.6 Å². The van der Waals surface area contributed by atoms with Crippen molar-refractivity contribution in [2.75, 3.05) is 14.2 Å². The number of carbonyl (C=O) groups is 2. The van der Waals surface area contributed by atoms with Gasteiger partial charge < -0.3 is 9.47 Å². The summed E-state index contributed by atoms with van der Waals surface area (Å²) < 4.78 is 35.9. The van der Waals surface area contributed by atoms with E-state index in [2.05, 4.69) is 9.47 Å².